The number of anilines is 1. The van der Waals surface area contributed by atoms with Gasteiger partial charge in [0.1, 0.15) is 11.8 Å². The topological polar surface area (TPSA) is 61.6 Å². The first kappa shape index (κ1) is 12.0. The molecule has 1 aromatic heterocycles. The van der Waals surface area contributed by atoms with Crippen molar-refractivity contribution in [2.24, 2.45) is 0 Å². The van der Waals surface area contributed by atoms with Crippen molar-refractivity contribution >= 4 is 5.95 Å². The average Bonchev–Trinajstić information content (AvgIpc) is 2.27. The van der Waals surface area contributed by atoms with Crippen LogP contribution in [0.4, 0.5) is 5.95 Å². The molecule has 0 bridgehead atoms. The van der Waals surface area contributed by atoms with E-state index < -0.39 is 0 Å². The van der Waals surface area contributed by atoms with Crippen LogP contribution < -0.4 is 5.32 Å². The van der Waals surface area contributed by atoms with E-state index in [1.54, 1.807) is 6.07 Å². The summed E-state index contributed by atoms with van der Waals surface area (Å²) in [5.74, 6) is 3.06. The van der Waals surface area contributed by atoms with Gasteiger partial charge >= 0.3 is 0 Å². The molecule has 0 aromatic carbocycles. The Balaban J connectivity index is 2.85. The monoisotopic (exact) mass is 214 g/mol. The number of hydrogen-bond donors (Lipinski definition) is 1. The fraction of sp³-hybridized carbons (Fsp3) is 0.417. The molecule has 0 aliphatic heterocycles. The van der Waals surface area contributed by atoms with E-state index >= 15 is 0 Å². The summed E-state index contributed by atoms with van der Waals surface area (Å²) in [6.45, 7) is 3.88. The molecule has 16 heavy (non-hydrogen) atoms. The molecule has 1 atom stereocenters. The molecule has 1 unspecified atom stereocenters. The molecule has 1 aromatic rings. The highest BCUT2D eigenvalue weighted by Crippen LogP contribution is 2.07. The van der Waals surface area contributed by atoms with E-state index in [9.17, 15) is 0 Å². The molecule has 1 N–H and O–H groups in total. The summed E-state index contributed by atoms with van der Waals surface area (Å²) in [5.41, 5.74) is 1.10. The number of terminal acetylenes is 1. The van der Waals surface area contributed by atoms with Crippen molar-refractivity contribution in [1.29, 1.82) is 5.26 Å². The fourth-order valence-corrected chi connectivity index (χ4v) is 1.33. The maximum atomic E-state index is 8.77. The van der Waals surface area contributed by atoms with Gasteiger partial charge in [0.15, 0.2) is 0 Å². The Morgan fingerprint density at radius 1 is 1.56 bits per heavy atom. The van der Waals surface area contributed by atoms with Gasteiger partial charge < -0.3 is 5.32 Å². The molecule has 0 fully saturated rings. The first-order valence-electron chi connectivity index (χ1n) is 5.18. The summed E-state index contributed by atoms with van der Waals surface area (Å²) in [6, 6.07) is 3.54. The average molecular weight is 214 g/mol. The van der Waals surface area contributed by atoms with E-state index in [4.69, 9.17) is 11.7 Å². The zero-order chi connectivity index (χ0) is 12.0. The fourth-order valence-electron chi connectivity index (χ4n) is 1.33. The predicted molar refractivity (Wildman–Crippen MR) is 62.6 cm³/mol. The van der Waals surface area contributed by atoms with Crippen molar-refractivity contribution in [3.05, 3.63) is 17.5 Å². The molecule has 0 saturated heterocycles. The van der Waals surface area contributed by atoms with Crippen molar-refractivity contribution in [3.63, 3.8) is 0 Å². The Morgan fingerprint density at radius 3 is 2.88 bits per heavy atom. The van der Waals surface area contributed by atoms with Gasteiger partial charge in [0.2, 0.25) is 5.95 Å². The van der Waals surface area contributed by atoms with E-state index in [0.29, 0.717) is 11.6 Å². The number of hydrogen-bond acceptors (Lipinski definition) is 4. The molecule has 1 heterocycles. The number of nitrogens with one attached hydrogen (secondary N) is 1. The van der Waals surface area contributed by atoms with Gasteiger partial charge in [-0.05, 0) is 19.4 Å². The van der Waals surface area contributed by atoms with Crippen LogP contribution in [0.25, 0.3) is 0 Å². The summed E-state index contributed by atoms with van der Waals surface area (Å²) in [5, 5.41) is 11.8. The van der Waals surface area contributed by atoms with Gasteiger partial charge in [0.05, 0.1) is 6.04 Å². The second-order valence-corrected chi connectivity index (χ2v) is 3.48. The van der Waals surface area contributed by atoms with Crippen molar-refractivity contribution in [2.45, 2.75) is 32.7 Å². The molecule has 0 saturated carbocycles. The third kappa shape index (κ3) is 3.25. The number of nitrogens with zero attached hydrogens (tertiary/aromatic N) is 3. The minimum atomic E-state index is -0.0849. The quantitative estimate of drug-likeness (QED) is 0.777. The van der Waals surface area contributed by atoms with E-state index in [2.05, 4.69) is 28.1 Å². The summed E-state index contributed by atoms with van der Waals surface area (Å²) in [4.78, 5) is 8.23. The van der Waals surface area contributed by atoms with Crippen LogP contribution in [-0.4, -0.2) is 16.0 Å². The van der Waals surface area contributed by atoms with E-state index in [-0.39, 0.29) is 6.04 Å². The van der Waals surface area contributed by atoms with E-state index in [1.165, 1.54) is 0 Å². The molecule has 0 aliphatic rings. The largest absolute Gasteiger partial charge is 0.341 e. The van der Waals surface area contributed by atoms with Crippen LogP contribution >= 0.6 is 0 Å². The van der Waals surface area contributed by atoms with Gasteiger partial charge in [0, 0.05) is 5.69 Å². The molecule has 0 amide bonds. The Morgan fingerprint density at radius 2 is 2.31 bits per heavy atom. The molecule has 82 valence electrons. The normalized spacial score (nSPS) is 11.2. The van der Waals surface area contributed by atoms with Gasteiger partial charge in [-0.2, -0.15) is 5.26 Å². The smallest absolute Gasteiger partial charge is 0.225 e. The third-order valence-electron chi connectivity index (χ3n) is 2.05. The second kappa shape index (κ2) is 5.72. The summed E-state index contributed by atoms with van der Waals surface area (Å²) < 4.78 is 0. The molecule has 0 spiro atoms. The Labute approximate surface area is 95.7 Å². The minimum Gasteiger partial charge on any atom is -0.341 e. The molecule has 0 aliphatic carbocycles. The van der Waals surface area contributed by atoms with Crippen LogP contribution in [0.2, 0.25) is 0 Å². The predicted octanol–water partition coefficient (Wildman–Crippen LogP) is 1.87. The minimum absolute atomic E-state index is 0.0849. The molecule has 4 heteroatoms. The summed E-state index contributed by atoms with van der Waals surface area (Å²) >= 11 is 0. The lowest BCUT2D eigenvalue weighted by Crippen LogP contribution is -2.19. The molecule has 4 nitrogen and oxygen atoms in total. The Bertz CT molecular complexity index is 439. The number of rotatable bonds is 4. The van der Waals surface area contributed by atoms with Crippen LogP contribution in [-0.2, 0) is 0 Å². The lowest BCUT2D eigenvalue weighted by molar-refractivity contribution is 0.747. The maximum Gasteiger partial charge on any atom is 0.225 e. The standard InChI is InChI=1S/C12H14N4/c1-4-6-10(5-2)15-12-14-9(3)7-11(8-13)16-12/h2,7,10H,4,6H2,1,3H3,(H,14,15,16). The first-order chi connectivity index (χ1) is 7.69. The van der Waals surface area contributed by atoms with Crippen molar-refractivity contribution in [3.8, 4) is 18.4 Å². The van der Waals surface area contributed by atoms with Crippen molar-refractivity contribution in [2.75, 3.05) is 5.32 Å². The molecular weight excluding hydrogens is 200 g/mol. The second-order valence-electron chi connectivity index (χ2n) is 3.48. The van der Waals surface area contributed by atoms with Gasteiger partial charge in [-0.1, -0.05) is 19.3 Å². The number of aryl methyl sites for hydroxylation is 1. The van der Waals surface area contributed by atoms with Crippen LogP contribution in [0.15, 0.2) is 6.07 Å². The van der Waals surface area contributed by atoms with E-state index in [0.717, 1.165) is 18.5 Å². The lowest BCUT2D eigenvalue weighted by Gasteiger charge is -2.11. The van der Waals surface area contributed by atoms with Crippen LogP contribution in [0.5, 0.6) is 0 Å². The van der Waals surface area contributed by atoms with Gasteiger partial charge in [-0.15, -0.1) is 6.42 Å². The third-order valence-corrected chi connectivity index (χ3v) is 2.05. The summed E-state index contributed by atoms with van der Waals surface area (Å²) in [6.07, 6.45) is 7.22. The maximum absolute atomic E-state index is 8.77. The zero-order valence-electron chi connectivity index (χ0n) is 9.49. The van der Waals surface area contributed by atoms with Crippen molar-refractivity contribution < 1.29 is 0 Å². The number of aromatic nitrogens is 2. The lowest BCUT2D eigenvalue weighted by atomic mass is 10.2. The molecule has 0 radical (unpaired) electrons. The number of nitriles is 1. The Hall–Kier alpha value is -2.07. The highest BCUT2D eigenvalue weighted by Gasteiger charge is 2.07. The van der Waals surface area contributed by atoms with Crippen molar-refractivity contribution in [1.82, 2.24) is 9.97 Å². The van der Waals surface area contributed by atoms with Crippen LogP contribution in [0.3, 0.4) is 0 Å². The van der Waals surface area contributed by atoms with Gasteiger partial charge in [0.25, 0.3) is 0 Å². The van der Waals surface area contributed by atoms with Crippen LogP contribution in [0, 0.1) is 30.6 Å². The van der Waals surface area contributed by atoms with Crippen LogP contribution in [0.1, 0.15) is 31.2 Å². The molecule has 1 rings (SSSR count). The Kier molecular flexibility index (Phi) is 4.29. The van der Waals surface area contributed by atoms with Gasteiger partial charge in [-0.3, -0.25) is 0 Å². The van der Waals surface area contributed by atoms with E-state index in [1.807, 2.05) is 13.0 Å². The first-order valence-corrected chi connectivity index (χ1v) is 5.18. The zero-order valence-corrected chi connectivity index (χ0v) is 9.49. The molecular formula is C12H14N4. The summed E-state index contributed by atoms with van der Waals surface area (Å²) in [7, 11) is 0. The SMILES string of the molecule is C#CC(CCC)Nc1nc(C)cc(C#N)n1. The highest BCUT2D eigenvalue weighted by molar-refractivity contribution is 5.35. The highest BCUT2D eigenvalue weighted by atomic mass is 15.1. The van der Waals surface area contributed by atoms with Gasteiger partial charge in [-0.25, -0.2) is 9.97 Å².